The third kappa shape index (κ3) is 2.16. The highest BCUT2D eigenvalue weighted by atomic mass is 15.1. The second kappa shape index (κ2) is 4.69. The maximum absolute atomic E-state index is 5.90. The first-order valence-electron chi connectivity index (χ1n) is 6.36. The Bertz CT molecular complexity index is 537. The van der Waals surface area contributed by atoms with Crippen LogP contribution in [0.3, 0.4) is 0 Å². The van der Waals surface area contributed by atoms with Crippen LogP contribution in [0.1, 0.15) is 17.7 Å². The first-order chi connectivity index (χ1) is 8.83. The summed E-state index contributed by atoms with van der Waals surface area (Å²) in [4.78, 5) is 6.77. The highest BCUT2D eigenvalue weighted by Crippen LogP contribution is 2.29. The van der Waals surface area contributed by atoms with E-state index in [1.807, 2.05) is 24.4 Å². The van der Waals surface area contributed by atoms with Crippen molar-refractivity contribution in [3.63, 3.8) is 0 Å². The SMILES string of the molecule is Nc1ccc2c(c1)N(Cc1ccccn1)CCC2. The van der Waals surface area contributed by atoms with Gasteiger partial charge in [-0.1, -0.05) is 12.1 Å². The first kappa shape index (κ1) is 11.1. The maximum atomic E-state index is 5.90. The van der Waals surface area contributed by atoms with Crippen LogP contribution in [-0.4, -0.2) is 11.5 Å². The minimum Gasteiger partial charge on any atom is -0.399 e. The summed E-state index contributed by atoms with van der Waals surface area (Å²) in [6.07, 6.45) is 4.19. The molecule has 3 nitrogen and oxygen atoms in total. The van der Waals surface area contributed by atoms with Crippen LogP contribution in [0.25, 0.3) is 0 Å². The fourth-order valence-electron chi connectivity index (χ4n) is 2.52. The normalized spacial score (nSPS) is 14.3. The van der Waals surface area contributed by atoms with Crippen LogP contribution < -0.4 is 10.6 Å². The summed E-state index contributed by atoms with van der Waals surface area (Å²) in [5.41, 5.74) is 10.5. The van der Waals surface area contributed by atoms with Crippen LogP contribution in [0, 0.1) is 0 Å². The van der Waals surface area contributed by atoms with Gasteiger partial charge < -0.3 is 10.6 Å². The average molecular weight is 239 g/mol. The average Bonchev–Trinajstić information content (AvgIpc) is 2.41. The van der Waals surface area contributed by atoms with Gasteiger partial charge in [-0.2, -0.15) is 0 Å². The molecule has 0 saturated carbocycles. The Balaban J connectivity index is 1.89. The van der Waals surface area contributed by atoms with E-state index in [9.17, 15) is 0 Å². The summed E-state index contributed by atoms with van der Waals surface area (Å²) in [5.74, 6) is 0. The van der Waals surface area contributed by atoms with Crippen molar-refractivity contribution >= 4 is 11.4 Å². The number of anilines is 2. The fourth-order valence-corrected chi connectivity index (χ4v) is 2.52. The minimum atomic E-state index is 0.835. The highest BCUT2D eigenvalue weighted by Gasteiger charge is 2.17. The van der Waals surface area contributed by atoms with Crippen LogP contribution in [0.4, 0.5) is 11.4 Å². The van der Waals surface area contributed by atoms with Crippen molar-refractivity contribution in [2.45, 2.75) is 19.4 Å². The molecule has 1 aromatic carbocycles. The maximum Gasteiger partial charge on any atom is 0.0602 e. The molecule has 3 rings (SSSR count). The summed E-state index contributed by atoms with van der Waals surface area (Å²) >= 11 is 0. The Morgan fingerprint density at radius 1 is 1.22 bits per heavy atom. The number of fused-ring (bicyclic) bond motifs is 1. The first-order valence-corrected chi connectivity index (χ1v) is 6.36. The molecular weight excluding hydrogens is 222 g/mol. The van der Waals surface area contributed by atoms with E-state index in [1.54, 1.807) is 0 Å². The largest absolute Gasteiger partial charge is 0.399 e. The van der Waals surface area contributed by atoms with E-state index in [1.165, 1.54) is 17.7 Å². The summed E-state index contributed by atoms with van der Waals surface area (Å²) < 4.78 is 0. The zero-order chi connectivity index (χ0) is 12.4. The van der Waals surface area contributed by atoms with Crippen molar-refractivity contribution in [3.8, 4) is 0 Å². The van der Waals surface area contributed by atoms with Crippen LogP contribution in [0.15, 0.2) is 42.6 Å². The van der Waals surface area contributed by atoms with Gasteiger partial charge in [-0.15, -0.1) is 0 Å². The number of hydrogen-bond donors (Lipinski definition) is 1. The van der Waals surface area contributed by atoms with E-state index in [0.717, 1.165) is 30.9 Å². The lowest BCUT2D eigenvalue weighted by Gasteiger charge is -2.31. The second-order valence-corrected chi connectivity index (χ2v) is 4.73. The van der Waals surface area contributed by atoms with Crippen molar-refractivity contribution in [1.82, 2.24) is 4.98 Å². The Morgan fingerprint density at radius 2 is 2.17 bits per heavy atom. The number of pyridine rings is 1. The molecule has 0 amide bonds. The van der Waals surface area contributed by atoms with Crippen LogP contribution >= 0.6 is 0 Å². The van der Waals surface area contributed by atoms with E-state index in [2.05, 4.69) is 28.1 Å². The molecule has 1 aliphatic heterocycles. The molecule has 0 aliphatic carbocycles. The second-order valence-electron chi connectivity index (χ2n) is 4.73. The van der Waals surface area contributed by atoms with Gasteiger partial charge in [-0.25, -0.2) is 0 Å². The molecule has 0 bridgehead atoms. The molecule has 0 unspecified atom stereocenters. The number of rotatable bonds is 2. The fraction of sp³-hybridized carbons (Fsp3) is 0.267. The summed E-state index contributed by atoms with van der Waals surface area (Å²) in [6.45, 7) is 1.93. The quantitative estimate of drug-likeness (QED) is 0.819. The van der Waals surface area contributed by atoms with Gasteiger partial charge in [0.2, 0.25) is 0 Å². The van der Waals surface area contributed by atoms with Gasteiger partial charge in [0.05, 0.1) is 12.2 Å². The van der Waals surface area contributed by atoms with Crippen molar-refractivity contribution in [2.75, 3.05) is 17.2 Å². The number of benzene rings is 1. The van der Waals surface area contributed by atoms with Crippen molar-refractivity contribution in [2.24, 2.45) is 0 Å². The van der Waals surface area contributed by atoms with E-state index in [4.69, 9.17) is 5.73 Å². The number of aryl methyl sites for hydroxylation is 1. The Kier molecular flexibility index (Phi) is 2.89. The minimum absolute atomic E-state index is 0.835. The summed E-state index contributed by atoms with van der Waals surface area (Å²) in [6, 6.07) is 12.3. The van der Waals surface area contributed by atoms with Crippen LogP contribution in [-0.2, 0) is 13.0 Å². The highest BCUT2D eigenvalue weighted by molar-refractivity contribution is 5.62. The van der Waals surface area contributed by atoms with Gasteiger partial charge in [-0.3, -0.25) is 4.98 Å². The van der Waals surface area contributed by atoms with Crippen molar-refractivity contribution < 1.29 is 0 Å². The third-order valence-electron chi connectivity index (χ3n) is 3.40. The van der Waals surface area contributed by atoms with E-state index < -0.39 is 0 Å². The Hall–Kier alpha value is -2.03. The molecule has 2 heterocycles. The zero-order valence-corrected chi connectivity index (χ0v) is 10.3. The number of nitrogens with zero attached hydrogens (tertiary/aromatic N) is 2. The molecule has 0 atom stereocenters. The summed E-state index contributed by atoms with van der Waals surface area (Å²) in [7, 11) is 0. The number of hydrogen-bond acceptors (Lipinski definition) is 3. The standard InChI is InChI=1S/C15H17N3/c16-13-7-6-12-4-3-9-18(15(12)10-13)11-14-5-1-2-8-17-14/h1-2,5-8,10H,3-4,9,11,16H2. The Labute approximate surface area is 107 Å². The number of aromatic nitrogens is 1. The van der Waals surface area contributed by atoms with Gasteiger partial charge in [-0.05, 0) is 42.7 Å². The van der Waals surface area contributed by atoms with E-state index >= 15 is 0 Å². The molecule has 0 radical (unpaired) electrons. The van der Waals surface area contributed by atoms with Crippen molar-refractivity contribution in [3.05, 3.63) is 53.9 Å². The molecule has 92 valence electrons. The lowest BCUT2D eigenvalue weighted by molar-refractivity contribution is 0.684. The van der Waals surface area contributed by atoms with Crippen molar-refractivity contribution in [1.29, 1.82) is 0 Å². The lowest BCUT2D eigenvalue weighted by atomic mass is 10.0. The smallest absolute Gasteiger partial charge is 0.0602 e. The molecular formula is C15H17N3. The predicted molar refractivity (Wildman–Crippen MR) is 74.5 cm³/mol. The van der Waals surface area contributed by atoms with E-state index in [-0.39, 0.29) is 0 Å². The molecule has 0 fully saturated rings. The summed E-state index contributed by atoms with van der Waals surface area (Å²) in [5, 5.41) is 0. The molecule has 2 N–H and O–H groups in total. The van der Waals surface area contributed by atoms with Gasteiger partial charge in [0.15, 0.2) is 0 Å². The molecule has 0 spiro atoms. The van der Waals surface area contributed by atoms with Gasteiger partial charge in [0, 0.05) is 24.1 Å². The van der Waals surface area contributed by atoms with Gasteiger partial charge in [0.25, 0.3) is 0 Å². The monoisotopic (exact) mass is 239 g/mol. The van der Waals surface area contributed by atoms with Crippen LogP contribution in [0.5, 0.6) is 0 Å². The molecule has 1 aliphatic rings. The van der Waals surface area contributed by atoms with Gasteiger partial charge in [0.1, 0.15) is 0 Å². The molecule has 18 heavy (non-hydrogen) atoms. The molecule has 0 saturated heterocycles. The van der Waals surface area contributed by atoms with E-state index in [0.29, 0.717) is 0 Å². The van der Waals surface area contributed by atoms with Gasteiger partial charge >= 0.3 is 0 Å². The Morgan fingerprint density at radius 3 is 3.00 bits per heavy atom. The third-order valence-corrected chi connectivity index (χ3v) is 3.40. The molecule has 1 aromatic heterocycles. The molecule has 2 aromatic rings. The lowest BCUT2D eigenvalue weighted by Crippen LogP contribution is -2.29. The zero-order valence-electron chi connectivity index (χ0n) is 10.3. The predicted octanol–water partition coefficient (Wildman–Crippen LogP) is 2.62. The number of nitrogen functional groups attached to an aromatic ring is 1. The van der Waals surface area contributed by atoms with Crippen LogP contribution in [0.2, 0.25) is 0 Å². The topological polar surface area (TPSA) is 42.1 Å². The number of nitrogens with two attached hydrogens (primary N) is 1. The molecule has 3 heteroatoms.